The topological polar surface area (TPSA) is 42.7 Å². The van der Waals surface area contributed by atoms with Gasteiger partial charge in [0.1, 0.15) is 0 Å². The smallest absolute Gasteiger partial charge is 0.222 e. The van der Waals surface area contributed by atoms with E-state index in [1.165, 1.54) is 58.6 Å². The van der Waals surface area contributed by atoms with E-state index in [-0.39, 0.29) is 17.8 Å². The van der Waals surface area contributed by atoms with Gasteiger partial charge in [0, 0.05) is 46.4 Å². The summed E-state index contributed by atoms with van der Waals surface area (Å²) in [7, 11) is 0. The minimum absolute atomic E-state index is 0.217. The predicted molar refractivity (Wildman–Crippen MR) is 339 cm³/mol. The van der Waals surface area contributed by atoms with E-state index >= 15 is 0 Å². The Kier molecular flexibility index (Phi) is 31.5. The minimum atomic E-state index is 0.217. The summed E-state index contributed by atoms with van der Waals surface area (Å²) in [4.78, 5) is 9.86. The van der Waals surface area contributed by atoms with Crippen LogP contribution in [0.2, 0.25) is 0 Å². The summed E-state index contributed by atoms with van der Waals surface area (Å²) in [6.07, 6.45) is 55.3. The molecule has 2 aliphatic carbocycles. The van der Waals surface area contributed by atoms with Crippen LogP contribution in [-0.2, 0) is 0 Å². The zero-order valence-corrected chi connectivity index (χ0v) is 48.4. The van der Waals surface area contributed by atoms with E-state index in [0.29, 0.717) is 6.54 Å². The molecule has 1 N–H and O–H groups in total. The van der Waals surface area contributed by atoms with Gasteiger partial charge in [-0.15, -0.1) is 25.7 Å². The summed E-state index contributed by atoms with van der Waals surface area (Å²) in [5.74, 6) is 0.654. The monoisotopic (exact) mass is 1010 g/mol. The second-order valence-corrected chi connectivity index (χ2v) is 17.3. The molecule has 2 atom stereocenters. The van der Waals surface area contributed by atoms with Crippen LogP contribution in [0, 0.1) is 37.0 Å². The van der Waals surface area contributed by atoms with Gasteiger partial charge in [0.05, 0.1) is 5.71 Å². The lowest BCUT2D eigenvalue weighted by molar-refractivity contribution is 0.504. The second kappa shape index (κ2) is 37.1. The number of nitrogens with zero attached hydrogens (tertiary/aromatic N) is 3. The molecule has 2 aliphatic heterocycles. The standard InChI is InChI=1S/C60H62N4.4C2H6.2C2H2/c1-5-22-56-45(3)57-43-52(36-38-58(57)64(46(56)4)54-31-19-9-10-20-32-54)49-35-33-44(2)41-55(37-34-47-23-13-7-6-8-14-24-47)63(40-39-49)60(61)62-59(50-27-17-12-18-28-50)53-30-21-29-51(42-53)48-25-15-11-16-26-48;6*1-2/h5,9,11-13,15-23,25-39,42-45,61H,6-8,10,14,24,40-41H2,1-4H3;4*1-2H3;2*1-2H/b22-5-,23-13-,35-33-,47-34-,49-39+,55-37+,61-60?,62-59+;;;;;;. The van der Waals surface area contributed by atoms with Crippen LogP contribution in [0.1, 0.15) is 156 Å². The maximum atomic E-state index is 9.97. The normalized spacial score (nSPS) is 19.5. The Morgan fingerprint density at radius 1 is 0.684 bits per heavy atom. The number of terminal acetylenes is 2. The number of allylic oxidation sites excluding steroid dienone is 18. The molecule has 76 heavy (non-hydrogen) atoms. The lowest BCUT2D eigenvalue weighted by atomic mass is 9.84. The Balaban J connectivity index is 0.00000154. The predicted octanol–water partition coefficient (Wildman–Crippen LogP) is 20.2. The first-order chi connectivity index (χ1) is 37.4. The molecule has 2 heterocycles. The first kappa shape index (κ1) is 64.5. The second-order valence-electron chi connectivity index (χ2n) is 17.3. The molecule has 0 radical (unpaired) electrons. The Hall–Kier alpha value is -7.66. The molecule has 398 valence electrons. The summed E-state index contributed by atoms with van der Waals surface area (Å²) >= 11 is 0. The first-order valence-electron chi connectivity index (χ1n) is 28.0. The molecule has 4 heteroatoms. The van der Waals surface area contributed by atoms with Crippen molar-refractivity contribution in [1.29, 1.82) is 5.41 Å². The van der Waals surface area contributed by atoms with Gasteiger partial charge in [0.25, 0.3) is 0 Å². The van der Waals surface area contributed by atoms with E-state index in [9.17, 15) is 5.41 Å². The number of hydrogen-bond acceptors (Lipinski definition) is 2. The Bertz CT molecular complexity index is 2770. The molecular weight excluding hydrogens is 921 g/mol. The molecule has 0 bridgehead atoms. The van der Waals surface area contributed by atoms with Crippen LogP contribution in [0.15, 0.2) is 221 Å². The number of nitrogens with one attached hydrogen (secondary N) is 1. The summed E-state index contributed by atoms with van der Waals surface area (Å²) in [5, 5.41) is 9.97. The lowest BCUT2D eigenvalue weighted by Gasteiger charge is -2.37. The number of fused-ring (bicyclic) bond motifs is 1. The van der Waals surface area contributed by atoms with Crippen molar-refractivity contribution < 1.29 is 0 Å². The highest BCUT2D eigenvalue weighted by Gasteiger charge is 2.29. The molecule has 0 saturated carbocycles. The summed E-state index contributed by atoms with van der Waals surface area (Å²) in [6.45, 7) is 25.5. The van der Waals surface area contributed by atoms with Crippen molar-refractivity contribution in [3.05, 3.63) is 239 Å². The van der Waals surface area contributed by atoms with E-state index < -0.39 is 0 Å². The Morgan fingerprint density at radius 3 is 2.05 bits per heavy atom. The molecule has 0 amide bonds. The molecule has 8 rings (SSSR count). The van der Waals surface area contributed by atoms with Crippen LogP contribution in [0.25, 0.3) is 16.7 Å². The van der Waals surface area contributed by atoms with Gasteiger partial charge in [-0.25, -0.2) is 4.99 Å². The van der Waals surface area contributed by atoms with Crippen molar-refractivity contribution in [1.82, 2.24) is 4.90 Å². The highest BCUT2D eigenvalue weighted by atomic mass is 15.3. The third-order valence-corrected chi connectivity index (χ3v) is 12.8. The van der Waals surface area contributed by atoms with Crippen molar-refractivity contribution >= 4 is 22.9 Å². The minimum Gasteiger partial charge on any atom is -0.314 e. The number of benzene rings is 4. The van der Waals surface area contributed by atoms with E-state index in [4.69, 9.17) is 4.99 Å². The van der Waals surface area contributed by atoms with E-state index in [1.807, 2.05) is 67.5 Å². The van der Waals surface area contributed by atoms with Crippen LogP contribution < -0.4 is 4.90 Å². The highest BCUT2D eigenvalue weighted by Crippen LogP contribution is 2.45. The average Bonchev–Trinajstić information content (AvgIpc) is 3.74. The number of rotatable bonds is 7. The van der Waals surface area contributed by atoms with Gasteiger partial charge < -0.3 is 9.80 Å². The van der Waals surface area contributed by atoms with Crippen LogP contribution in [0.4, 0.5) is 5.69 Å². The van der Waals surface area contributed by atoms with Gasteiger partial charge in [-0.2, -0.15) is 0 Å². The fourth-order valence-corrected chi connectivity index (χ4v) is 9.28. The maximum absolute atomic E-state index is 9.97. The SMILES string of the molecule is C#C.C#C.C/C=C\C1=C(C)N(C2=CC=CCC=C2)c2ccc(C3=C/CN(C(=N)/N=C(\c4ccccc4)c4cccc(-c5ccccc5)c4)/C(=C/C=C4/C=C\CCCCC4)CC(C)/C=C\3)cc2C1C.CC.CC.CC.CC. The van der Waals surface area contributed by atoms with Gasteiger partial charge >= 0.3 is 0 Å². The third-order valence-electron chi connectivity index (χ3n) is 12.8. The number of guanidine groups is 1. The largest absolute Gasteiger partial charge is 0.314 e. The van der Waals surface area contributed by atoms with Crippen LogP contribution in [0.5, 0.6) is 0 Å². The third kappa shape index (κ3) is 18.3. The van der Waals surface area contributed by atoms with E-state index in [1.54, 1.807) is 0 Å². The van der Waals surface area contributed by atoms with Crippen LogP contribution >= 0.6 is 0 Å². The van der Waals surface area contributed by atoms with Gasteiger partial charge in [0.2, 0.25) is 5.96 Å². The highest BCUT2D eigenvalue weighted by molar-refractivity contribution is 6.17. The van der Waals surface area contributed by atoms with E-state index in [0.717, 1.165) is 64.9 Å². The first-order valence-corrected chi connectivity index (χ1v) is 28.0. The van der Waals surface area contributed by atoms with Gasteiger partial charge in [-0.3, -0.25) is 5.41 Å². The maximum Gasteiger partial charge on any atom is 0.222 e. The molecule has 0 aromatic heterocycles. The van der Waals surface area contributed by atoms with Gasteiger partial charge in [-0.05, 0) is 134 Å². The summed E-state index contributed by atoms with van der Waals surface area (Å²) in [5.41, 5.74) is 16.0. The fourth-order valence-electron chi connectivity index (χ4n) is 9.28. The van der Waals surface area contributed by atoms with Crippen molar-refractivity contribution in [2.75, 3.05) is 11.4 Å². The van der Waals surface area contributed by atoms with E-state index in [2.05, 4.69) is 239 Å². The van der Waals surface area contributed by atoms with Crippen LogP contribution in [0.3, 0.4) is 0 Å². The average molecular weight is 1010 g/mol. The molecular formula is C72H90N4. The molecule has 4 aromatic carbocycles. The quantitative estimate of drug-likeness (QED) is 0.114. The fraction of sp³-hybridized carbons (Fsp3) is 0.306. The summed E-state index contributed by atoms with van der Waals surface area (Å²) in [6, 6.07) is 36.4. The molecule has 0 saturated heterocycles. The Morgan fingerprint density at radius 2 is 1.36 bits per heavy atom. The molecule has 2 unspecified atom stereocenters. The molecule has 4 aromatic rings. The van der Waals surface area contributed by atoms with Gasteiger partial charge in [-0.1, -0.05) is 227 Å². The van der Waals surface area contributed by atoms with Crippen molar-refractivity contribution in [2.45, 2.75) is 134 Å². The number of aliphatic imine (C=N–C) groups is 1. The summed E-state index contributed by atoms with van der Waals surface area (Å²) < 4.78 is 0. The number of anilines is 1. The van der Waals surface area contributed by atoms with Crippen molar-refractivity contribution in [3.63, 3.8) is 0 Å². The Labute approximate surface area is 462 Å². The van der Waals surface area contributed by atoms with Gasteiger partial charge in [0.15, 0.2) is 0 Å². The molecule has 0 spiro atoms. The van der Waals surface area contributed by atoms with Crippen molar-refractivity contribution in [2.24, 2.45) is 10.9 Å². The zero-order valence-electron chi connectivity index (χ0n) is 48.4. The van der Waals surface area contributed by atoms with Crippen molar-refractivity contribution in [3.8, 4) is 36.8 Å². The number of hydrogen-bond donors (Lipinski definition) is 1. The van der Waals surface area contributed by atoms with Crippen LogP contribution in [-0.4, -0.2) is 23.1 Å². The molecule has 4 nitrogen and oxygen atoms in total. The molecule has 4 aliphatic rings. The zero-order chi connectivity index (χ0) is 56.3. The lowest BCUT2D eigenvalue weighted by Crippen LogP contribution is -2.30. The molecule has 0 fully saturated rings.